The summed E-state index contributed by atoms with van der Waals surface area (Å²) in [4.78, 5) is 17.3. The zero-order valence-corrected chi connectivity index (χ0v) is 17.3. The van der Waals surface area contributed by atoms with Gasteiger partial charge in [0.15, 0.2) is 0 Å². The highest BCUT2D eigenvalue weighted by atomic mass is 32.1. The average molecular weight is 420 g/mol. The maximum absolute atomic E-state index is 11.6. The van der Waals surface area contributed by atoms with Gasteiger partial charge in [0, 0.05) is 12.5 Å². The normalized spacial score (nSPS) is 15.5. The fraction of sp³-hybridized carbons (Fsp3) is 0.261. The van der Waals surface area contributed by atoms with Crippen molar-refractivity contribution in [1.29, 1.82) is 5.26 Å². The molecule has 0 aliphatic carbocycles. The summed E-state index contributed by atoms with van der Waals surface area (Å²) in [6.07, 6.45) is 0.872. The van der Waals surface area contributed by atoms with Gasteiger partial charge in [-0.2, -0.15) is 5.26 Å². The highest BCUT2D eigenvalue weighted by Gasteiger charge is 2.25. The molecule has 4 rings (SSSR count). The van der Waals surface area contributed by atoms with Gasteiger partial charge in [0.2, 0.25) is 5.88 Å². The molecule has 30 heavy (non-hydrogen) atoms. The average Bonchev–Trinajstić information content (AvgIpc) is 3.51. The minimum atomic E-state index is -0.386. The summed E-state index contributed by atoms with van der Waals surface area (Å²) in [6.45, 7) is 1.52. The van der Waals surface area contributed by atoms with Crippen LogP contribution in [-0.2, 0) is 16.1 Å². The van der Waals surface area contributed by atoms with E-state index in [2.05, 4.69) is 11.1 Å². The number of benzene rings is 1. The summed E-state index contributed by atoms with van der Waals surface area (Å²) in [7, 11) is 1.35. The molecule has 1 aromatic carbocycles. The second-order valence-electron chi connectivity index (χ2n) is 6.90. The zero-order chi connectivity index (χ0) is 20.9. The molecule has 1 atom stereocenters. The van der Waals surface area contributed by atoms with Crippen LogP contribution in [0.15, 0.2) is 47.8 Å². The lowest BCUT2D eigenvalue weighted by molar-refractivity contribution is 0.0600. The molecular weight excluding hydrogens is 400 g/mol. The van der Waals surface area contributed by atoms with Gasteiger partial charge >= 0.3 is 5.97 Å². The Labute approximate surface area is 178 Å². The summed E-state index contributed by atoms with van der Waals surface area (Å²) in [5.74, 6) is 0.0911. The van der Waals surface area contributed by atoms with Crippen molar-refractivity contribution in [2.75, 3.05) is 20.3 Å². The quantitative estimate of drug-likeness (QED) is 0.544. The van der Waals surface area contributed by atoms with E-state index in [1.807, 2.05) is 23.6 Å². The number of nitrogens with zero attached hydrogens (tertiary/aromatic N) is 2. The molecule has 0 bridgehead atoms. The number of rotatable bonds is 6. The van der Waals surface area contributed by atoms with Crippen molar-refractivity contribution in [2.24, 2.45) is 0 Å². The van der Waals surface area contributed by atoms with Crippen LogP contribution in [0.25, 0.3) is 10.6 Å². The molecule has 1 aliphatic rings. The molecule has 0 amide bonds. The maximum Gasteiger partial charge on any atom is 0.337 e. The Morgan fingerprint density at radius 3 is 2.80 bits per heavy atom. The molecule has 1 saturated heterocycles. The van der Waals surface area contributed by atoms with E-state index in [0.29, 0.717) is 30.2 Å². The van der Waals surface area contributed by atoms with E-state index in [1.165, 1.54) is 7.11 Å². The Morgan fingerprint density at radius 2 is 2.17 bits per heavy atom. The molecule has 6 nitrogen and oxygen atoms in total. The van der Waals surface area contributed by atoms with Crippen LogP contribution < -0.4 is 4.74 Å². The van der Waals surface area contributed by atoms with E-state index in [9.17, 15) is 10.1 Å². The van der Waals surface area contributed by atoms with Gasteiger partial charge in [-0.15, -0.1) is 11.3 Å². The van der Waals surface area contributed by atoms with Crippen LogP contribution in [0.2, 0.25) is 0 Å². The van der Waals surface area contributed by atoms with Crippen LogP contribution in [0.3, 0.4) is 0 Å². The van der Waals surface area contributed by atoms with Gasteiger partial charge in [0.1, 0.15) is 18.2 Å². The van der Waals surface area contributed by atoms with Gasteiger partial charge in [0.05, 0.1) is 29.9 Å². The Bertz CT molecular complexity index is 1070. The second kappa shape index (κ2) is 9.08. The third kappa shape index (κ3) is 4.20. The molecule has 1 fully saturated rings. The summed E-state index contributed by atoms with van der Waals surface area (Å²) in [6, 6.07) is 15.2. The summed E-state index contributed by atoms with van der Waals surface area (Å²) < 4.78 is 16.3. The van der Waals surface area contributed by atoms with Crippen LogP contribution in [0.4, 0.5) is 0 Å². The number of nitriles is 1. The van der Waals surface area contributed by atoms with E-state index in [4.69, 9.17) is 14.2 Å². The standard InChI is InChI=1S/C23H20N2O4S/c1-27-23(26)16-6-4-15(5-7-16)13-29-22-19(12-24)18(17-8-9-28-14-17)11-20(25-22)21-3-2-10-30-21/h2-7,10-11,17H,8-9,13-14H2,1H3. The fourth-order valence-electron chi connectivity index (χ4n) is 3.42. The molecule has 0 N–H and O–H groups in total. The molecule has 2 aromatic heterocycles. The number of methoxy groups -OCH3 is 1. The fourth-order valence-corrected chi connectivity index (χ4v) is 4.10. The number of thiophene rings is 1. The van der Waals surface area contributed by atoms with Crippen LogP contribution >= 0.6 is 11.3 Å². The smallest absolute Gasteiger partial charge is 0.337 e. The van der Waals surface area contributed by atoms with E-state index >= 15 is 0 Å². The van der Waals surface area contributed by atoms with Crippen LogP contribution in [0, 0.1) is 11.3 Å². The van der Waals surface area contributed by atoms with Gasteiger partial charge in [-0.3, -0.25) is 0 Å². The molecule has 3 heterocycles. The SMILES string of the molecule is COC(=O)c1ccc(COc2nc(-c3cccs3)cc(C3CCOC3)c2C#N)cc1. The number of ether oxygens (including phenoxy) is 3. The first-order valence-corrected chi connectivity index (χ1v) is 10.4. The molecule has 0 spiro atoms. The van der Waals surface area contributed by atoms with Crippen LogP contribution in [0.5, 0.6) is 5.88 Å². The summed E-state index contributed by atoms with van der Waals surface area (Å²) in [5, 5.41) is 11.8. The van der Waals surface area contributed by atoms with Crippen molar-refractivity contribution in [3.8, 4) is 22.5 Å². The first-order valence-electron chi connectivity index (χ1n) is 9.56. The van der Waals surface area contributed by atoms with Crippen molar-refractivity contribution in [3.63, 3.8) is 0 Å². The minimum absolute atomic E-state index is 0.156. The van der Waals surface area contributed by atoms with E-state index in [-0.39, 0.29) is 18.5 Å². The van der Waals surface area contributed by atoms with Crippen molar-refractivity contribution in [3.05, 3.63) is 70.1 Å². The van der Waals surface area contributed by atoms with Crippen LogP contribution in [-0.4, -0.2) is 31.3 Å². The Hall–Kier alpha value is -3.21. The Morgan fingerprint density at radius 1 is 1.33 bits per heavy atom. The van der Waals surface area contributed by atoms with Gasteiger partial charge in [-0.05, 0) is 47.2 Å². The van der Waals surface area contributed by atoms with Crippen molar-refractivity contribution in [1.82, 2.24) is 4.98 Å². The number of esters is 1. The number of carbonyl (C=O) groups is 1. The number of hydrogen-bond donors (Lipinski definition) is 0. The molecule has 152 valence electrons. The van der Waals surface area contributed by atoms with Crippen molar-refractivity contribution >= 4 is 17.3 Å². The highest BCUT2D eigenvalue weighted by molar-refractivity contribution is 7.13. The lowest BCUT2D eigenvalue weighted by Crippen LogP contribution is -2.07. The lowest BCUT2D eigenvalue weighted by atomic mass is 9.94. The minimum Gasteiger partial charge on any atom is -0.472 e. The molecular formula is C23H20N2O4S. The van der Waals surface area contributed by atoms with E-state index in [0.717, 1.165) is 28.1 Å². The second-order valence-corrected chi connectivity index (χ2v) is 7.85. The predicted octanol–water partition coefficient (Wildman–Crippen LogP) is 4.55. The topological polar surface area (TPSA) is 81.4 Å². The molecule has 3 aromatic rings. The monoisotopic (exact) mass is 420 g/mol. The van der Waals surface area contributed by atoms with Gasteiger partial charge < -0.3 is 14.2 Å². The lowest BCUT2D eigenvalue weighted by Gasteiger charge is -2.16. The first kappa shape index (κ1) is 20.1. The third-order valence-corrected chi connectivity index (χ3v) is 5.91. The molecule has 0 radical (unpaired) electrons. The molecule has 1 aliphatic heterocycles. The van der Waals surface area contributed by atoms with Gasteiger partial charge in [-0.1, -0.05) is 18.2 Å². The largest absolute Gasteiger partial charge is 0.472 e. The molecule has 7 heteroatoms. The zero-order valence-electron chi connectivity index (χ0n) is 16.5. The maximum atomic E-state index is 11.6. The Balaban J connectivity index is 1.64. The number of hydrogen-bond acceptors (Lipinski definition) is 7. The van der Waals surface area contributed by atoms with E-state index in [1.54, 1.807) is 35.6 Å². The van der Waals surface area contributed by atoms with Crippen LogP contribution in [0.1, 0.15) is 39.4 Å². The first-order chi connectivity index (χ1) is 14.7. The van der Waals surface area contributed by atoms with E-state index < -0.39 is 0 Å². The predicted molar refractivity (Wildman–Crippen MR) is 113 cm³/mol. The summed E-state index contributed by atoms with van der Waals surface area (Å²) >= 11 is 1.59. The summed E-state index contributed by atoms with van der Waals surface area (Å²) in [5.41, 5.74) is 3.50. The number of pyridine rings is 1. The third-order valence-electron chi connectivity index (χ3n) is 5.02. The van der Waals surface area contributed by atoms with Gasteiger partial charge in [-0.25, -0.2) is 9.78 Å². The highest BCUT2D eigenvalue weighted by Crippen LogP contribution is 2.36. The van der Waals surface area contributed by atoms with Crippen molar-refractivity contribution < 1.29 is 19.0 Å². The molecule has 0 saturated carbocycles. The number of aromatic nitrogens is 1. The number of carbonyl (C=O) groups excluding carboxylic acids is 1. The Kier molecular flexibility index (Phi) is 6.07. The van der Waals surface area contributed by atoms with Gasteiger partial charge in [0.25, 0.3) is 0 Å². The molecule has 1 unspecified atom stereocenters. The van der Waals surface area contributed by atoms with Crippen molar-refractivity contribution in [2.45, 2.75) is 18.9 Å².